The van der Waals surface area contributed by atoms with Crippen LogP contribution in [-0.4, -0.2) is 43.0 Å². The second-order valence-corrected chi connectivity index (χ2v) is 4.52. The van der Waals surface area contributed by atoms with Gasteiger partial charge < -0.3 is 10.1 Å². The average molecular weight is 280 g/mol. The summed E-state index contributed by atoms with van der Waals surface area (Å²) in [7, 11) is 0. The molecule has 6 heteroatoms. The fraction of sp³-hybridized carbons (Fsp3) is 0.429. The zero-order valence-electron chi connectivity index (χ0n) is 11.3. The molecular weight excluding hydrogens is 263 g/mol. The molecule has 1 heterocycles. The second-order valence-electron chi connectivity index (χ2n) is 4.52. The lowest BCUT2D eigenvalue weighted by atomic mass is 10.1. The zero-order valence-corrected chi connectivity index (χ0v) is 11.3. The first-order valence-corrected chi connectivity index (χ1v) is 6.52. The predicted octanol–water partition coefficient (Wildman–Crippen LogP) is 0.862. The second kappa shape index (κ2) is 6.58. The van der Waals surface area contributed by atoms with E-state index in [4.69, 9.17) is 4.74 Å². The molecule has 5 nitrogen and oxygen atoms in total. The maximum atomic E-state index is 13.9. The van der Waals surface area contributed by atoms with Crippen molar-refractivity contribution >= 4 is 11.8 Å². The Morgan fingerprint density at radius 2 is 1.95 bits per heavy atom. The minimum absolute atomic E-state index is 0.107. The Balaban J connectivity index is 2.19. The van der Waals surface area contributed by atoms with E-state index in [0.717, 1.165) is 4.90 Å². The molecule has 20 heavy (non-hydrogen) atoms. The van der Waals surface area contributed by atoms with Crippen LogP contribution in [0.2, 0.25) is 0 Å². The van der Waals surface area contributed by atoms with Crippen LogP contribution in [0.5, 0.6) is 0 Å². The molecule has 1 aliphatic heterocycles. The van der Waals surface area contributed by atoms with Gasteiger partial charge in [-0.25, -0.2) is 4.39 Å². The lowest BCUT2D eigenvalue weighted by molar-refractivity contribution is -0.158. The van der Waals surface area contributed by atoms with Gasteiger partial charge in [-0.2, -0.15) is 0 Å². The van der Waals surface area contributed by atoms with Crippen molar-refractivity contribution in [3.63, 3.8) is 0 Å². The number of hydrogen-bond donors (Lipinski definition) is 1. The van der Waals surface area contributed by atoms with Crippen LogP contribution in [0.3, 0.4) is 0 Å². The molecule has 1 N–H and O–H groups in total. The van der Waals surface area contributed by atoms with E-state index in [0.29, 0.717) is 12.1 Å². The molecule has 0 saturated carbocycles. The lowest BCUT2D eigenvalue weighted by Gasteiger charge is -2.29. The SMILES string of the molecule is CCNC(CN1C(=O)COCC1=O)c1ccccc1F. The summed E-state index contributed by atoms with van der Waals surface area (Å²) in [6.07, 6.45) is 0. The van der Waals surface area contributed by atoms with Crippen LogP contribution in [0.25, 0.3) is 0 Å². The first-order valence-electron chi connectivity index (χ1n) is 6.52. The number of ether oxygens (including phenoxy) is 1. The van der Waals surface area contributed by atoms with E-state index in [1.807, 2.05) is 6.92 Å². The molecule has 2 amide bonds. The van der Waals surface area contributed by atoms with Crippen molar-refractivity contribution in [3.05, 3.63) is 35.6 Å². The molecule has 0 radical (unpaired) electrons. The lowest BCUT2D eigenvalue weighted by Crippen LogP contribution is -2.49. The van der Waals surface area contributed by atoms with Gasteiger partial charge in [0, 0.05) is 12.1 Å². The van der Waals surface area contributed by atoms with Gasteiger partial charge >= 0.3 is 0 Å². The highest BCUT2D eigenvalue weighted by Crippen LogP contribution is 2.19. The van der Waals surface area contributed by atoms with Gasteiger partial charge in [0.1, 0.15) is 19.0 Å². The van der Waals surface area contributed by atoms with Crippen LogP contribution in [-0.2, 0) is 14.3 Å². The summed E-state index contributed by atoms with van der Waals surface area (Å²) in [5, 5.41) is 3.10. The number of halogens is 1. The minimum atomic E-state index is -0.424. The Morgan fingerprint density at radius 1 is 1.30 bits per heavy atom. The number of hydrogen-bond acceptors (Lipinski definition) is 4. The Labute approximate surface area is 116 Å². The van der Waals surface area contributed by atoms with E-state index in [9.17, 15) is 14.0 Å². The van der Waals surface area contributed by atoms with Crippen molar-refractivity contribution in [1.82, 2.24) is 10.2 Å². The summed E-state index contributed by atoms with van der Waals surface area (Å²) in [6.45, 7) is 2.38. The molecular formula is C14H17FN2O3. The highest BCUT2D eigenvalue weighted by atomic mass is 19.1. The van der Waals surface area contributed by atoms with E-state index < -0.39 is 6.04 Å². The van der Waals surface area contributed by atoms with Crippen molar-refractivity contribution in [2.45, 2.75) is 13.0 Å². The van der Waals surface area contributed by atoms with Crippen LogP contribution in [0.1, 0.15) is 18.5 Å². The molecule has 108 valence electrons. The number of rotatable bonds is 5. The molecule has 1 aliphatic rings. The fourth-order valence-electron chi connectivity index (χ4n) is 2.18. The first kappa shape index (κ1) is 14.6. The van der Waals surface area contributed by atoms with Crippen LogP contribution >= 0.6 is 0 Å². The van der Waals surface area contributed by atoms with Crippen molar-refractivity contribution in [2.24, 2.45) is 0 Å². The summed E-state index contributed by atoms with van der Waals surface area (Å²) >= 11 is 0. The summed E-state index contributed by atoms with van der Waals surface area (Å²) in [6, 6.07) is 5.92. The number of likely N-dealkylation sites (N-methyl/N-ethyl adjacent to an activating group) is 1. The summed E-state index contributed by atoms with van der Waals surface area (Å²) in [5.74, 6) is -1.13. The summed E-state index contributed by atoms with van der Waals surface area (Å²) in [5.41, 5.74) is 0.446. The average Bonchev–Trinajstić information content (AvgIpc) is 2.43. The third kappa shape index (κ3) is 3.20. The Kier molecular flexibility index (Phi) is 4.81. The molecule has 1 aromatic carbocycles. The maximum absolute atomic E-state index is 13.9. The number of carbonyl (C=O) groups excluding carboxylic acids is 2. The largest absolute Gasteiger partial charge is 0.362 e. The fourth-order valence-corrected chi connectivity index (χ4v) is 2.18. The number of morpholine rings is 1. The molecule has 2 rings (SSSR count). The molecule has 0 bridgehead atoms. The van der Waals surface area contributed by atoms with E-state index in [2.05, 4.69) is 5.32 Å². The minimum Gasteiger partial charge on any atom is -0.362 e. The number of amides is 2. The van der Waals surface area contributed by atoms with Gasteiger partial charge in [-0.1, -0.05) is 25.1 Å². The number of carbonyl (C=O) groups is 2. The Morgan fingerprint density at radius 3 is 2.55 bits per heavy atom. The molecule has 0 aliphatic carbocycles. The Hall–Kier alpha value is -1.79. The van der Waals surface area contributed by atoms with Crippen molar-refractivity contribution < 1.29 is 18.7 Å². The van der Waals surface area contributed by atoms with E-state index in [-0.39, 0.29) is 37.4 Å². The van der Waals surface area contributed by atoms with Crippen molar-refractivity contribution in [2.75, 3.05) is 26.3 Å². The zero-order chi connectivity index (χ0) is 14.5. The number of nitrogens with one attached hydrogen (secondary N) is 1. The van der Waals surface area contributed by atoms with Gasteiger partial charge in [-0.15, -0.1) is 0 Å². The number of benzene rings is 1. The maximum Gasteiger partial charge on any atom is 0.255 e. The first-order chi connectivity index (χ1) is 9.63. The molecule has 1 fully saturated rings. The van der Waals surface area contributed by atoms with E-state index in [1.54, 1.807) is 18.2 Å². The van der Waals surface area contributed by atoms with Gasteiger partial charge in [0.15, 0.2) is 0 Å². The van der Waals surface area contributed by atoms with Crippen LogP contribution < -0.4 is 5.32 Å². The van der Waals surface area contributed by atoms with Gasteiger partial charge in [0.2, 0.25) is 0 Å². The highest BCUT2D eigenvalue weighted by Gasteiger charge is 2.29. The van der Waals surface area contributed by atoms with Crippen LogP contribution in [0.15, 0.2) is 24.3 Å². The van der Waals surface area contributed by atoms with Gasteiger partial charge in [-0.3, -0.25) is 14.5 Å². The molecule has 1 saturated heterocycles. The molecule has 1 aromatic rings. The number of imide groups is 1. The van der Waals surface area contributed by atoms with Crippen molar-refractivity contribution in [1.29, 1.82) is 0 Å². The molecule has 0 aromatic heterocycles. The monoisotopic (exact) mass is 280 g/mol. The third-order valence-corrected chi connectivity index (χ3v) is 3.15. The van der Waals surface area contributed by atoms with Gasteiger partial charge in [0.05, 0.1) is 6.04 Å². The standard InChI is InChI=1S/C14H17FN2O3/c1-2-16-12(10-5-3-4-6-11(10)15)7-17-13(18)8-20-9-14(17)19/h3-6,12,16H,2,7-9H2,1H3. The quantitative estimate of drug-likeness (QED) is 0.813. The van der Waals surface area contributed by atoms with E-state index >= 15 is 0 Å². The molecule has 1 unspecified atom stereocenters. The van der Waals surface area contributed by atoms with Gasteiger partial charge in [0.25, 0.3) is 11.8 Å². The number of nitrogens with zero attached hydrogens (tertiary/aromatic N) is 1. The predicted molar refractivity (Wildman–Crippen MR) is 70.4 cm³/mol. The smallest absolute Gasteiger partial charge is 0.255 e. The molecule has 0 spiro atoms. The highest BCUT2D eigenvalue weighted by molar-refractivity contribution is 5.98. The van der Waals surface area contributed by atoms with Gasteiger partial charge in [-0.05, 0) is 12.6 Å². The summed E-state index contributed by atoms with van der Waals surface area (Å²) in [4.78, 5) is 24.6. The topological polar surface area (TPSA) is 58.6 Å². The Bertz CT molecular complexity index is 491. The molecule has 1 atom stereocenters. The summed E-state index contributed by atoms with van der Waals surface area (Å²) < 4.78 is 18.7. The third-order valence-electron chi connectivity index (χ3n) is 3.15. The normalized spacial score (nSPS) is 17.4. The van der Waals surface area contributed by atoms with Crippen molar-refractivity contribution in [3.8, 4) is 0 Å². The van der Waals surface area contributed by atoms with Crippen LogP contribution in [0, 0.1) is 5.82 Å². The van der Waals surface area contributed by atoms with Crippen LogP contribution in [0.4, 0.5) is 4.39 Å². The van der Waals surface area contributed by atoms with E-state index in [1.165, 1.54) is 6.07 Å².